The molecular formula is C17H20FN3O3S. The number of likely N-dealkylation sites (N-methyl/N-ethyl adjacent to an activating group) is 1. The van der Waals surface area contributed by atoms with Crippen molar-refractivity contribution in [2.75, 3.05) is 32.5 Å². The molecule has 0 bridgehead atoms. The summed E-state index contributed by atoms with van der Waals surface area (Å²) in [6, 6.07) is 11.1. The third kappa shape index (κ3) is 5.63. The van der Waals surface area contributed by atoms with Gasteiger partial charge in [-0.15, -0.1) is 0 Å². The molecule has 2 aromatic rings. The topological polar surface area (TPSA) is 78.5 Å². The van der Waals surface area contributed by atoms with Crippen LogP contribution in [0.3, 0.4) is 0 Å². The predicted molar refractivity (Wildman–Crippen MR) is 94.5 cm³/mol. The second-order valence-electron chi connectivity index (χ2n) is 5.69. The average molecular weight is 365 g/mol. The molecule has 25 heavy (non-hydrogen) atoms. The number of hydrogen-bond donors (Lipinski definition) is 2. The highest BCUT2D eigenvalue weighted by atomic mass is 32.2. The fraction of sp³-hybridized carbons (Fsp3) is 0.235. The Balaban J connectivity index is 2.13. The van der Waals surface area contributed by atoms with E-state index in [1.807, 2.05) is 19.0 Å². The van der Waals surface area contributed by atoms with Crippen LogP contribution in [0.4, 0.5) is 10.1 Å². The molecule has 0 heterocycles. The maximum absolute atomic E-state index is 13.2. The molecule has 0 spiro atoms. The fourth-order valence-electron chi connectivity index (χ4n) is 2.06. The van der Waals surface area contributed by atoms with Gasteiger partial charge in [-0.3, -0.25) is 4.79 Å². The van der Waals surface area contributed by atoms with Gasteiger partial charge in [0.1, 0.15) is 5.82 Å². The summed E-state index contributed by atoms with van der Waals surface area (Å²) >= 11 is 0. The number of halogens is 1. The second-order valence-corrected chi connectivity index (χ2v) is 7.46. The van der Waals surface area contributed by atoms with Crippen molar-refractivity contribution >= 4 is 21.6 Å². The zero-order chi connectivity index (χ0) is 18.4. The Morgan fingerprint density at radius 1 is 1.12 bits per heavy atom. The molecule has 2 aromatic carbocycles. The van der Waals surface area contributed by atoms with Crippen molar-refractivity contribution < 1.29 is 17.6 Å². The lowest BCUT2D eigenvalue weighted by Gasteiger charge is -2.11. The zero-order valence-corrected chi connectivity index (χ0v) is 14.8. The Labute approximate surface area is 146 Å². The zero-order valence-electron chi connectivity index (χ0n) is 14.0. The molecule has 2 N–H and O–H groups in total. The maximum atomic E-state index is 13.2. The van der Waals surface area contributed by atoms with Crippen molar-refractivity contribution in [3.8, 4) is 0 Å². The molecule has 0 atom stereocenters. The minimum atomic E-state index is -3.71. The molecule has 1 amide bonds. The summed E-state index contributed by atoms with van der Waals surface area (Å²) < 4.78 is 40.2. The van der Waals surface area contributed by atoms with Crippen LogP contribution in [0.1, 0.15) is 10.4 Å². The lowest BCUT2D eigenvalue weighted by atomic mass is 10.2. The van der Waals surface area contributed by atoms with Gasteiger partial charge in [-0.25, -0.2) is 17.5 Å². The second kappa shape index (κ2) is 8.19. The highest BCUT2D eigenvalue weighted by molar-refractivity contribution is 7.89. The van der Waals surface area contributed by atoms with E-state index in [1.165, 1.54) is 42.5 Å². The van der Waals surface area contributed by atoms with Crippen molar-refractivity contribution in [2.45, 2.75) is 4.90 Å². The van der Waals surface area contributed by atoms with Crippen LogP contribution in [0.2, 0.25) is 0 Å². The normalized spacial score (nSPS) is 11.5. The van der Waals surface area contributed by atoms with E-state index < -0.39 is 21.7 Å². The first kappa shape index (κ1) is 19.0. The molecular weight excluding hydrogens is 345 g/mol. The number of benzene rings is 2. The van der Waals surface area contributed by atoms with E-state index in [0.717, 1.165) is 0 Å². The van der Waals surface area contributed by atoms with Crippen molar-refractivity contribution in [1.82, 2.24) is 9.62 Å². The summed E-state index contributed by atoms with van der Waals surface area (Å²) in [4.78, 5) is 14.1. The Hall–Kier alpha value is -2.29. The molecule has 8 heteroatoms. The summed E-state index contributed by atoms with van der Waals surface area (Å²) in [5.41, 5.74) is 0.460. The first-order valence-electron chi connectivity index (χ1n) is 7.59. The Bertz CT molecular complexity index is 854. The number of hydrogen-bond acceptors (Lipinski definition) is 4. The van der Waals surface area contributed by atoms with Crippen LogP contribution >= 0.6 is 0 Å². The van der Waals surface area contributed by atoms with Crippen LogP contribution in [0, 0.1) is 5.82 Å². The number of rotatable bonds is 7. The first-order valence-corrected chi connectivity index (χ1v) is 9.07. The molecule has 0 fully saturated rings. The first-order chi connectivity index (χ1) is 11.8. The molecule has 0 saturated carbocycles. The molecule has 6 nitrogen and oxygen atoms in total. The summed E-state index contributed by atoms with van der Waals surface area (Å²) in [5.74, 6) is -0.991. The molecule has 0 radical (unpaired) electrons. The van der Waals surface area contributed by atoms with E-state index >= 15 is 0 Å². The number of nitrogens with one attached hydrogen (secondary N) is 2. The number of nitrogens with zero attached hydrogens (tertiary/aromatic N) is 1. The number of carbonyl (C=O) groups excluding carboxylic acids is 1. The molecule has 2 rings (SSSR count). The number of anilines is 1. The minimum Gasteiger partial charge on any atom is -0.322 e. The Morgan fingerprint density at radius 2 is 1.84 bits per heavy atom. The van der Waals surface area contributed by atoms with Crippen LogP contribution in [-0.4, -0.2) is 46.4 Å². The fourth-order valence-corrected chi connectivity index (χ4v) is 3.13. The van der Waals surface area contributed by atoms with Crippen LogP contribution in [0.5, 0.6) is 0 Å². The van der Waals surface area contributed by atoms with Crippen LogP contribution in [-0.2, 0) is 10.0 Å². The lowest BCUT2D eigenvalue weighted by molar-refractivity contribution is 0.102. The van der Waals surface area contributed by atoms with E-state index in [-0.39, 0.29) is 17.0 Å². The molecule has 0 saturated heterocycles. The highest BCUT2D eigenvalue weighted by Crippen LogP contribution is 2.14. The van der Waals surface area contributed by atoms with Crippen molar-refractivity contribution in [3.05, 3.63) is 59.9 Å². The van der Waals surface area contributed by atoms with Gasteiger partial charge in [-0.1, -0.05) is 12.1 Å². The van der Waals surface area contributed by atoms with Gasteiger partial charge in [0.25, 0.3) is 5.91 Å². The van der Waals surface area contributed by atoms with E-state index in [9.17, 15) is 17.6 Å². The van der Waals surface area contributed by atoms with Crippen LogP contribution < -0.4 is 10.0 Å². The molecule has 0 aliphatic carbocycles. The monoisotopic (exact) mass is 365 g/mol. The van der Waals surface area contributed by atoms with Gasteiger partial charge in [0.05, 0.1) is 4.90 Å². The largest absolute Gasteiger partial charge is 0.322 e. The third-order valence-corrected chi connectivity index (χ3v) is 4.80. The Kier molecular flexibility index (Phi) is 6.24. The molecule has 0 aromatic heterocycles. The number of carbonyl (C=O) groups is 1. The van der Waals surface area contributed by atoms with Gasteiger partial charge >= 0.3 is 0 Å². The standard InChI is InChI=1S/C17H20FN3O3S/c1-21(2)10-9-19-25(23,24)16-8-3-5-13(11-16)17(22)20-15-7-4-6-14(18)12-15/h3-8,11-12,19H,9-10H2,1-2H3,(H,20,22). The summed E-state index contributed by atoms with van der Waals surface area (Å²) in [6.07, 6.45) is 0. The average Bonchev–Trinajstić information content (AvgIpc) is 2.54. The van der Waals surface area contributed by atoms with E-state index in [1.54, 1.807) is 6.07 Å². The van der Waals surface area contributed by atoms with Gasteiger partial charge in [-0.05, 0) is 50.5 Å². The van der Waals surface area contributed by atoms with Gasteiger partial charge in [-0.2, -0.15) is 0 Å². The summed E-state index contributed by atoms with van der Waals surface area (Å²) in [7, 11) is -0.0303. The number of sulfonamides is 1. The van der Waals surface area contributed by atoms with Gasteiger partial charge in [0, 0.05) is 24.3 Å². The van der Waals surface area contributed by atoms with E-state index in [0.29, 0.717) is 12.2 Å². The van der Waals surface area contributed by atoms with Gasteiger partial charge < -0.3 is 10.2 Å². The smallest absolute Gasteiger partial charge is 0.255 e. The quantitative estimate of drug-likeness (QED) is 0.786. The van der Waals surface area contributed by atoms with Crippen molar-refractivity contribution in [3.63, 3.8) is 0 Å². The SMILES string of the molecule is CN(C)CCNS(=O)(=O)c1cccc(C(=O)Nc2cccc(F)c2)c1. The van der Waals surface area contributed by atoms with Gasteiger partial charge in [0.15, 0.2) is 0 Å². The van der Waals surface area contributed by atoms with Crippen LogP contribution in [0.25, 0.3) is 0 Å². The van der Waals surface area contributed by atoms with E-state index in [4.69, 9.17) is 0 Å². The maximum Gasteiger partial charge on any atom is 0.255 e. The molecule has 0 unspecified atom stereocenters. The molecule has 0 aliphatic rings. The summed E-state index contributed by atoms with van der Waals surface area (Å²) in [5, 5.41) is 2.53. The predicted octanol–water partition coefficient (Wildman–Crippen LogP) is 1.92. The Morgan fingerprint density at radius 3 is 2.52 bits per heavy atom. The third-order valence-electron chi connectivity index (χ3n) is 3.34. The molecule has 0 aliphatic heterocycles. The lowest BCUT2D eigenvalue weighted by Crippen LogP contribution is -2.31. The molecule has 134 valence electrons. The van der Waals surface area contributed by atoms with Crippen molar-refractivity contribution in [1.29, 1.82) is 0 Å². The van der Waals surface area contributed by atoms with Gasteiger partial charge in [0.2, 0.25) is 10.0 Å². The highest BCUT2D eigenvalue weighted by Gasteiger charge is 2.16. The minimum absolute atomic E-state index is 0.00171. The van der Waals surface area contributed by atoms with E-state index in [2.05, 4.69) is 10.0 Å². The summed E-state index contributed by atoms with van der Waals surface area (Å²) in [6.45, 7) is 0.814. The van der Waals surface area contributed by atoms with Crippen molar-refractivity contribution in [2.24, 2.45) is 0 Å². The van der Waals surface area contributed by atoms with Crippen LogP contribution in [0.15, 0.2) is 53.4 Å². The number of amides is 1.